The molecule has 0 aromatic heterocycles. The fourth-order valence-corrected chi connectivity index (χ4v) is 3.78. The van der Waals surface area contributed by atoms with Crippen LogP contribution in [-0.4, -0.2) is 17.7 Å². The topological polar surface area (TPSA) is 43.4 Å². The van der Waals surface area contributed by atoms with Crippen LogP contribution in [0.5, 0.6) is 0 Å². The molecule has 126 valence electrons. The standard InChI is InChI=1S/C22H20O3/c23-19-12-7-13-20-18(19)14-17(15-8-3-1-4-9-15)22(25-20)21(24)16-10-5-2-6-11-16/h1-6,8-11,17,22H,7,12-14H2/t17-,22+/m1/s1. The van der Waals surface area contributed by atoms with E-state index in [-0.39, 0.29) is 17.5 Å². The van der Waals surface area contributed by atoms with E-state index >= 15 is 0 Å². The second-order valence-electron chi connectivity index (χ2n) is 6.67. The fraction of sp³-hybridized carbons (Fsp3) is 0.273. The molecule has 1 heterocycles. The first-order chi connectivity index (χ1) is 12.2. The maximum absolute atomic E-state index is 13.1. The van der Waals surface area contributed by atoms with Gasteiger partial charge >= 0.3 is 0 Å². The lowest BCUT2D eigenvalue weighted by molar-refractivity contribution is -0.117. The van der Waals surface area contributed by atoms with Gasteiger partial charge in [-0.05, 0) is 18.4 Å². The van der Waals surface area contributed by atoms with Crippen molar-refractivity contribution in [2.45, 2.75) is 37.7 Å². The van der Waals surface area contributed by atoms with E-state index in [2.05, 4.69) is 0 Å². The third-order valence-electron chi connectivity index (χ3n) is 5.08. The Hall–Kier alpha value is -2.68. The van der Waals surface area contributed by atoms with Gasteiger partial charge in [0.25, 0.3) is 0 Å². The van der Waals surface area contributed by atoms with Crippen LogP contribution in [0.4, 0.5) is 0 Å². The first kappa shape index (κ1) is 15.8. The molecule has 0 spiro atoms. The Morgan fingerprint density at radius 1 is 0.920 bits per heavy atom. The lowest BCUT2D eigenvalue weighted by Crippen LogP contribution is -2.37. The molecule has 3 heteroatoms. The van der Waals surface area contributed by atoms with E-state index in [4.69, 9.17) is 4.74 Å². The van der Waals surface area contributed by atoms with E-state index in [1.807, 2.05) is 60.7 Å². The zero-order valence-electron chi connectivity index (χ0n) is 14.0. The zero-order chi connectivity index (χ0) is 17.2. The summed E-state index contributed by atoms with van der Waals surface area (Å²) in [6.07, 6.45) is 2.15. The number of allylic oxidation sites excluding steroid dienone is 2. The molecule has 0 saturated heterocycles. The lowest BCUT2D eigenvalue weighted by atomic mass is 9.78. The predicted octanol–water partition coefficient (Wildman–Crippen LogP) is 4.45. The monoisotopic (exact) mass is 332 g/mol. The van der Waals surface area contributed by atoms with Gasteiger partial charge in [0.2, 0.25) is 5.78 Å². The van der Waals surface area contributed by atoms with Crippen LogP contribution < -0.4 is 0 Å². The number of ether oxygens (including phenoxy) is 1. The Morgan fingerprint density at radius 3 is 2.32 bits per heavy atom. The van der Waals surface area contributed by atoms with Crippen molar-refractivity contribution in [3.63, 3.8) is 0 Å². The van der Waals surface area contributed by atoms with Crippen LogP contribution in [-0.2, 0) is 9.53 Å². The van der Waals surface area contributed by atoms with Crippen molar-refractivity contribution in [2.75, 3.05) is 0 Å². The number of carbonyl (C=O) groups is 2. The molecule has 0 amide bonds. The molecular weight excluding hydrogens is 312 g/mol. The molecule has 4 rings (SSSR count). The largest absolute Gasteiger partial charge is 0.486 e. The molecule has 0 saturated carbocycles. The van der Waals surface area contributed by atoms with Gasteiger partial charge in [-0.15, -0.1) is 0 Å². The molecule has 0 N–H and O–H groups in total. The summed E-state index contributed by atoms with van der Waals surface area (Å²) in [5.74, 6) is 0.763. The van der Waals surface area contributed by atoms with Crippen molar-refractivity contribution in [3.8, 4) is 0 Å². The zero-order valence-corrected chi connectivity index (χ0v) is 14.0. The number of benzene rings is 2. The molecule has 2 atom stereocenters. The maximum Gasteiger partial charge on any atom is 0.203 e. The number of Topliss-reactive ketones (excluding diaryl/α,β-unsaturated/α-hetero) is 2. The number of hydrogen-bond acceptors (Lipinski definition) is 3. The number of rotatable bonds is 3. The van der Waals surface area contributed by atoms with Gasteiger partial charge in [0, 0.05) is 29.9 Å². The molecule has 3 nitrogen and oxygen atoms in total. The van der Waals surface area contributed by atoms with E-state index < -0.39 is 6.10 Å². The van der Waals surface area contributed by atoms with Gasteiger partial charge in [-0.25, -0.2) is 0 Å². The summed E-state index contributed by atoms with van der Waals surface area (Å²) in [5, 5.41) is 0. The molecule has 0 unspecified atom stereocenters. The van der Waals surface area contributed by atoms with Crippen LogP contribution >= 0.6 is 0 Å². The van der Waals surface area contributed by atoms with Gasteiger partial charge in [0.1, 0.15) is 5.76 Å². The van der Waals surface area contributed by atoms with Gasteiger partial charge in [-0.3, -0.25) is 9.59 Å². The highest BCUT2D eigenvalue weighted by molar-refractivity contribution is 6.02. The average Bonchev–Trinajstić information content (AvgIpc) is 2.68. The first-order valence-corrected chi connectivity index (χ1v) is 8.80. The third-order valence-corrected chi connectivity index (χ3v) is 5.08. The molecule has 25 heavy (non-hydrogen) atoms. The van der Waals surface area contributed by atoms with E-state index in [0.29, 0.717) is 18.4 Å². The van der Waals surface area contributed by atoms with Gasteiger partial charge in [0.15, 0.2) is 11.9 Å². The van der Waals surface area contributed by atoms with Crippen LogP contribution in [0, 0.1) is 0 Å². The molecule has 1 aliphatic carbocycles. The Balaban J connectivity index is 1.74. The van der Waals surface area contributed by atoms with Crippen LogP contribution in [0.1, 0.15) is 47.5 Å². The van der Waals surface area contributed by atoms with E-state index in [1.165, 1.54) is 0 Å². The van der Waals surface area contributed by atoms with Gasteiger partial charge < -0.3 is 4.74 Å². The van der Waals surface area contributed by atoms with Gasteiger partial charge in [-0.1, -0.05) is 60.7 Å². The van der Waals surface area contributed by atoms with Crippen LogP contribution in [0.25, 0.3) is 0 Å². The van der Waals surface area contributed by atoms with Crippen LogP contribution in [0.3, 0.4) is 0 Å². The SMILES string of the molecule is O=C1CCCC2=C1C[C@H](c1ccccc1)[C@@H](C(=O)c1ccccc1)O2. The summed E-state index contributed by atoms with van der Waals surface area (Å²) >= 11 is 0. The minimum Gasteiger partial charge on any atom is -0.486 e. The van der Waals surface area contributed by atoms with E-state index in [1.54, 1.807) is 0 Å². The second-order valence-corrected chi connectivity index (χ2v) is 6.67. The molecule has 2 aromatic carbocycles. The molecule has 2 aliphatic rings. The summed E-state index contributed by atoms with van der Waals surface area (Å²) < 4.78 is 6.15. The smallest absolute Gasteiger partial charge is 0.203 e. The Morgan fingerprint density at radius 2 is 1.60 bits per heavy atom. The van der Waals surface area contributed by atoms with Gasteiger partial charge in [-0.2, -0.15) is 0 Å². The summed E-state index contributed by atoms with van der Waals surface area (Å²) in [6, 6.07) is 19.2. The Bertz CT molecular complexity index is 821. The fourth-order valence-electron chi connectivity index (χ4n) is 3.78. The molecule has 0 radical (unpaired) electrons. The minimum atomic E-state index is -0.575. The predicted molar refractivity (Wildman–Crippen MR) is 95.3 cm³/mol. The van der Waals surface area contributed by atoms with Crippen molar-refractivity contribution in [1.82, 2.24) is 0 Å². The minimum absolute atomic E-state index is 0.0148. The summed E-state index contributed by atoms with van der Waals surface area (Å²) in [6.45, 7) is 0. The van der Waals surface area contributed by atoms with Crippen molar-refractivity contribution in [3.05, 3.63) is 83.1 Å². The highest BCUT2D eigenvalue weighted by Crippen LogP contribution is 2.41. The molecule has 1 aliphatic heterocycles. The van der Waals surface area contributed by atoms with Gasteiger partial charge in [0.05, 0.1) is 0 Å². The highest BCUT2D eigenvalue weighted by Gasteiger charge is 2.40. The molecule has 2 aromatic rings. The summed E-state index contributed by atoms with van der Waals surface area (Å²) in [5.41, 5.74) is 2.48. The molecular formula is C22H20O3. The lowest BCUT2D eigenvalue weighted by Gasteiger charge is -2.36. The van der Waals surface area contributed by atoms with Crippen molar-refractivity contribution >= 4 is 11.6 Å². The molecule has 0 bridgehead atoms. The van der Waals surface area contributed by atoms with Crippen molar-refractivity contribution in [2.24, 2.45) is 0 Å². The number of hydrogen-bond donors (Lipinski definition) is 0. The average molecular weight is 332 g/mol. The van der Waals surface area contributed by atoms with E-state index in [0.717, 1.165) is 29.7 Å². The first-order valence-electron chi connectivity index (χ1n) is 8.80. The molecule has 0 fully saturated rings. The third kappa shape index (κ3) is 3.02. The van der Waals surface area contributed by atoms with E-state index in [9.17, 15) is 9.59 Å². The second kappa shape index (κ2) is 6.67. The van der Waals surface area contributed by atoms with Crippen LogP contribution in [0.15, 0.2) is 72.0 Å². The summed E-state index contributed by atoms with van der Waals surface area (Å²) in [4.78, 5) is 25.4. The Labute approximate surface area is 147 Å². The quantitative estimate of drug-likeness (QED) is 0.780. The maximum atomic E-state index is 13.1. The number of ketones is 2. The summed E-state index contributed by atoms with van der Waals surface area (Å²) in [7, 11) is 0. The van der Waals surface area contributed by atoms with Crippen molar-refractivity contribution < 1.29 is 14.3 Å². The van der Waals surface area contributed by atoms with Crippen molar-refractivity contribution in [1.29, 1.82) is 0 Å². The van der Waals surface area contributed by atoms with Crippen LogP contribution in [0.2, 0.25) is 0 Å². The highest BCUT2D eigenvalue weighted by atomic mass is 16.5. The number of carbonyl (C=O) groups excluding carboxylic acids is 2. The Kier molecular flexibility index (Phi) is 4.22. The normalized spacial score (nSPS) is 23.0.